The Labute approximate surface area is 105 Å². The molecule has 0 N–H and O–H groups in total. The van der Waals surface area contributed by atoms with Crippen molar-refractivity contribution < 1.29 is 9.53 Å². The van der Waals surface area contributed by atoms with Crippen LogP contribution in [0.3, 0.4) is 0 Å². The van der Waals surface area contributed by atoms with Crippen molar-refractivity contribution in [2.75, 3.05) is 0 Å². The first kappa shape index (κ1) is 12.9. The Hall–Kier alpha value is -0.530. The summed E-state index contributed by atoms with van der Waals surface area (Å²) in [5, 5.41) is 0. The molecule has 0 heterocycles. The van der Waals surface area contributed by atoms with E-state index in [1.165, 1.54) is 12.8 Å². The zero-order valence-electron chi connectivity index (χ0n) is 11.7. The second-order valence-corrected chi connectivity index (χ2v) is 6.69. The van der Waals surface area contributed by atoms with Crippen LogP contribution in [0.5, 0.6) is 0 Å². The Morgan fingerprint density at radius 3 is 2.53 bits per heavy atom. The highest BCUT2D eigenvalue weighted by Crippen LogP contribution is 2.66. The van der Waals surface area contributed by atoms with Gasteiger partial charge >= 0.3 is 5.97 Å². The Morgan fingerprint density at radius 2 is 2.06 bits per heavy atom. The van der Waals surface area contributed by atoms with Gasteiger partial charge in [-0.2, -0.15) is 0 Å². The van der Waals surface area contributed by atoms with Gasteiger partial charge in [0.05, 0.1) is 0 Å². The van der Waals surface area contributed by atoms with E-state index < -0.39 is 0 Å². The summed E-state index contributed by atoms with van der Waals surface area (Å²) in [5.74, 6) is 0.762. The number of unbranched alkanes of at least 4 members (excludes halogenated alkanes) is 1. The summed E-state index contributed by atoms with van der Waals surface area (Å²) in [6, 6.07) is 0. The second-order valence-electron chi connectivity index (χ2n) is 6.69. The third-order valence-corrected chi connectivity index (χ3v) is 5.72. The average Bonchev–Trinajstić information content (AvgIpc) is 2.59. The van der Waals surface area contributed by atoms with Crippen LogP contribution in [0, 0.1) is 16.7 Å². The number of rotatable bonds is 4. The molecule has 17 heavy (non-hydrogen) atoms. The van der Waals surface area contributed by atoms with E-state index in [1.807, 2.05) is 0 Å². The molecular weight excluding hydrogens is 212 g/mol. The van der Waals surface area contributed by atoms with E-state index in [0.717, 1.165) is 25.2 Å². The highest BCUT2D eigenvalue weighted by molar-refractivity contribution is 5.69. The fourth-order valence-electron chi connectivity index (χ4n) is 3.85. The first-order valence-corrected chi connectivity index (χ1v) is 7.11. The van der Waals surface area contributed by atoms with Crippen LogP contribution in [0.15, 0.2) is 0 Å². The summed E-state index contributed by atoms with van der Waals surface area (Å²) in [7, 11) is 0. The Kier molecular flexibility index (Phi) is 3.26. The summed E-state index contributed by atoms with van der Waals surface area (Å²) >= 11 is 0. The van der Waals surface area contributed by atoms with Crippen molar-refractivity contribution >= 4 is 5.97 Å². The molecule has 0 amide bonds. The first-order chi connectivity index (χ1) is 7.91. The molecule has 0 spiro atoms. The maximum atomic E-state index is 11.8. The lowest BCUT2D eigenvalue weighted by molar-refractivity contribution is -0.157. The number of hydrogen-bond donors (Lipinski definition) is 0. The molecule has 98 valence electrons. The number of carbonyl (C=O) groups is 1. The Morgan fingerprint density at radius 1 is 1.35 bits per heavy atom. The quantitative estimate of drug-likeness (QED) is 0.694. The SMILES string of the molecule is CCCCC(=O)O[C@H]1C[C@H]2CC[C@@]1(C)C2(C)C. The molecule has 2 aliphatic carbocycles. The number of ether oxygens (including phenoxy) is 1. The number of hydrogen-bond acceptors (Lipinski definition) is 2. The van der Waals surface area contributed by atoms with Gasteiger partial charge in [0.25, 0.3) is 0 Å². The van der Waals surface area contributed by atoms with Crippen LogP contribution < -0.4 is 0 Å². The number of carbonyl (C=O) groups excluding carboxylic acids is 1. The minimum atomic E-state index is 0.0152. The average molecular weight is 238 g/mol. The van der Waals surface area contributed by atoms with Crippen LogP contribution in [0.4, 0.5) is 0 Å². The largest absolute Gasteiger partial charge is 0.462 e. The van der Waals surface area contributed by atoms with Crippen LogP contribution in [0.25, 0.3) is 0 Å². The minimum absolute atomic E-state index is 0.0152. The molecule has 0 saturated heterocycles. The van der Waals surface area contributed by atoms with E-state index in [0.29, 0.717) is 11.8 Å². The van der Waals surface area contributed by atoms with Gasteiger partial charge in [-0.05, 0) is 37.0 Å². The molecule has 0 unspecified atom stereocenters. The molecule has 2 fully saturated rings. The van der Waals surface area contributed by atoms with E-state index >= 15 is 0 Å². The molecule has 2 nitrogen and oxygen atoms in total. The van der Waals surface area contributed by atoms with Gasteiger partial charge in [-0.1, -0.05) is 34.1 Å². The maximum Gasteiger partial charge on any atom is 0.306 e. The van der Waals surface area contributed by atoms with E-state index in [1.54, 1.807) is 0 Å². The van der Waals surface area contributed by atoms with Crippen molar-refractivity contribution in [2.24, 2.45) is 16.7 Å². The summed E-state index contributed by atoms with van der Waals surface area (Å²) in [4.78, 5) is 11.8. The molecule has 0 radical (unpaired) electrons. The smallest absolute Gasteiger partial charge is 0.306 e. The van der Waals surface area contributed by atoms with Crippen molar-refractivity contribution in [1.29, 1.82) is 0 Å². The highest BCUT2D eigenvalue weighted by Gasteiger charge is 2.62. The van der Waals surface area contributed by atoms with Gasteiger partial charge in [-0.15, -0.1) is 0 Å². The van der Waals surface area contributed by atoms with Gasteiger partial charge in [-0.3, -0.25) is 4.79 Å². The fraction of sp³-hybridized carbons (Fsp3) is 0.933. The molecule has 3 atom stereocenters. The lowest BCUT2D eigenvalue weighted by atomic mass is 9.70. The van der Waals surface area contributed by atoms with Gasteiger partial charge < -0.3 is 4.74 Å². The third-order valence-electron chi connectivity index (χ3n) is 5.72. The van der Waals surface area contributed by atoms with Crippen molar-refractivity contribution in [3.05, 3.63) is 0 Å². The summed E-state index contributed by atoms with van der Waals surface area (Å²) in [5.41, 5.74) is 0.544. The van der Waals surface area contributed by atoms with Gasteiger partial charge in [-0.25, -0.2) is 0 Å². The highest BCUT2D eigenvalue weighted by atomic mass is 16.5. The van der Waals surface area contributed by atoms with Crippen LogP contribution >= 0.6 is 0 Å². The molecule has 0 aromatic carbocycles. The minimum Gasteiger partial charge on any atom is -0.462 e. The Balaban J connectivity index is 1.98. The van der Waals surface area contributed by atoms with Gasteiger partial charge in [0.1, 0.15) is 6.10 Å². The zero-order chi connectivity index (χ0) is 12.7. The van der Waals surface area contributed by atoms with Crippen LogP contribution in [-0.4, -0.2) is 12.1 Å². The zero-order valence-corrected chi connectivity index (χ0v) is 11.7. The predicted octanol–water partition coefficient (Wildman–Crippen LogP) is 3.93. The molecule has 2 bridgehead atoms. The topological polar surface area (TPSA) is 26.3 Å². The molecule has 0 aliphatic heterocycles. The molecule has 2 saturated carbocycles. The summed E-state index contributed by atoms with van der Waals surface area (Å²) < 4.78 is 5.75. The lowest BCUT2D eigenvalue weighted by Crippen LogP contribution is -2.38. The maximum absolute atomic E-state index is 11.8. The van der Waals surface area contributed by atoms with Crippen molar-refractivity contribution in [3.8, 4) is 0 Å². The lowest BCUT2D eigenvalue weighted by Gasteiger charge is -2.38. The summed E-state index contributed by atoms with van der Waals surface area (Å²) in [6.07, 6.45) is 6.39. The standard InChI is InChI=1S/C15H26O2/c1-5-6-7-13(16)17-12-10-11-8-9-15(12,4)14(11,2)3/h11-12H,5-10H2,1-4H3/t11-,12+,15-/m1/s1. The number of fused-ring (bicyclic) bond motifs is 2. The van der Waals surface area contributed by atoms with Crippen LogP contribution in [0.2, 0.25) is 0 Å². The van der Waals surface area contributed by atoms with Gasteiger partial charge in [0.15, 0.2) is 0 Å². The van der Waals surface area contributed by atoms with Crippen molar-refractivity contribution in [3.63, 3.8) is 0 Å². The van der Waals surface area contributed by atoms with E-state index in [4.69, 9.17) is 4.74 Å². The number of esters is 1. The van der Waals surface area contributed by atoms with Gasteiger partial charge in [0.2, 0.25) is 0 Å². The molecular formula is C15H26O2. The van der Waals surface area contributed by atoms with E-state index in [2.05, 4.69) is 27.7 Å². The molecule has 0 aromatic heterocycles. The molecule has 2 rings (SSSR count). The van der Waals surface area contributed by atoms with E-state index in [9.17, 15) is 4.79 Å². The predicted molar refractivity (Wildman–Crippen MR) is 68.6 cm³/mol. The second kappa shape index (κ2) is 4.29. The molecule has 2 heteroatoms. The van der Waals surface area contributed by atoms with Crippen LogP contribution in [-0.2, 0) is 9.53 Å². The van der Waals surface area contributed by atoms with E-state index in [-0.39, 0.29) is 17.5 Å². The monoisotopic (exact) mass is 238 g/mol. The van der Waals surface area contributed by atoms with Gasteiger partial charge in [0, 0.05) is 11.8 Å². The fourth-order valence-corrected chi connectivity index (χ4v) is 3.85. The van der Waals surface area contributed by atoms with Crippen LogP contribution in [0.1, 0.15) is 66.2 Å². The van der Waals surface area contributed by atoms with Crippen molar-refractivity contribution in [1.82, 2.24) is 0 Å². The molecule has 2 aliphatic rings. The Bertz CT molecular complexity index is 308. The first-order valence-electron chi connectivity index (χ1n) is 7.11. The van der Waals surface area contributed by atoms with Crippen molar-refractivity contribution in [2.45, 2.75) is 72.3 Å². The third kappa shape index (κ3) is 1.90. The molecule has 0 aromatic rings. The summed E-state index contributed by atoms with van der Waals surface area (Å²) in [6.45, 7) is 9.13. The normalized spacial score (nSPS) is 38.4.